The maximum absolute atomic E-state index is 12.9. The minimum absolute atomic E-state index is 0.0473. The molecule has 1 aliphatic heterocycles. The molecule has 0 bridgehead atoms. The van der Waals surface area contributed by atoms with Crippen molar-refractivity contribution in [3.63, 3.8) is 0 Å². The van der Waals surface area contributed by atoms with Crippen LogP contribution in [0.4, 0.5) is 19.0 Å². The van der Waals surface area contributed by atoms with E-state index in [2.05, 4.69) is 31.2 Å². The van der Waals surface area contributed by atoms with Crippen LogP contribution in [0.3, 0.4) is 0 Å². The Labute approximate surface area is 209 Å². The van der Waals surface area contributed by atoms with Crippen LogP contribution in [0.2, 0.25) is 0 Å². The average Bonchev–Trinajstić information content (AvgIpc) is 2.85. The van der Waals surface area contributed by atoms with Crippen molar-refractivity contribution >= 4 is 12.1 Å². The first-order chi connectivity index (χ1) is 17.2. The predicted octanol–water partition coefficient (Wildman–Crippen LogP) is 4.56. The van der Waals surface area contributed by atoms with Gasteiger partial charge in [-0.05, 0) is 70.0 Å². The van der Waals surface area contributed by atoms with Crippen molar-refractivity contribution in [2.45, 2.75) is 51.7 Å². The van der Waals surface area contributed by atoms with E-state index in [4.69, 9.17) is 0 Å². The lowest BCUT2D eigenvalue weighted by Gasteiger charge is -2.33. The predicted molar refractivity (Wildman–Crippen MR) is 130 cm³/mol. The number of carbonyl (C=O) groups excluding carboxylic acids is 1. The zero-order chi connectivity index (χ0) is 26.7. The highest BCUT2D eigenvalue weighted by atomic mass is 19.4. The number of hydrogen-bond acceptors (Lipinski definition) is 8. The van der Waals surface area contributed by atoms with E-state index >= 15 is 0 Å². The summed E-state index contributed by atoms with van der Waals surface area (Å²) in [6.07, 6.45) is -0.502. The molecule has 1 aliphatic rings. The van der Waals surface area contributed by atoms with E-state index in [1.807, 2.05) is 6.92 Å². The monoisotopic (exact) mass is 507 g/mol. The Hall–Kier alpha value is -3.23. The SMILES string of the molecule is CCOC.Cc1c(-c2ccc(C(F)(F)F)cc2O)nnc(NC2CCCN(CCCC=O)C2)c1C#N. The van der Waals surface area contributed by atoms with Gasteiger partial charge in [0.05, 0.1) is 5.56 Å². The number of aldehydes is 1. The Kier molecular flexibility index (Phi) is 11.1. The van der Waals surface area contributed by atoms with Crippen LogP contribution in [0.15, 0.2) is 18.2 Å². The van der Waals surface area contributed by atoms with Crippen LogP contribution in [0.25, 0.3) is 11.3 Å². The van der Waals surface area contributed by atoms with Gasteiger partial charge in [0.15, 0.2) is 5.82 Å². The highest BCUT2D eigenvalue weighted by molar-refractivity contribution is 5.74. The normalized spacial score (nSPS) is 16.0. The molecule has 36 heavy (non-hydrogen) atoms. The number of phenols is 1. The number of halogens is 3. The quantitative estimate of drug-likeness (QED) is 0.395. The number of ether oxygens (including phenoxy) is 1. The Morgan fingerprint density at radius 1 is 1.36 bits per heavy atom. The first kappa shape index (κ1) is 29.0. The second-order valence-electron chi connectivity index (χ2n) is 8.41. The van der Waals surface area contributed by atoms with Crippen LogP contribution >= 0.6 is 0 Å². The maximum Gasteiger partial charge on any atom is 0.416 e. The van der Waals surface area contributed by atoms with Crippen LogP contribution < -0.4 is 5.32 Å². The topological polar surface area (TPSA) is 111 Å². The molecule has 11 heteroatoms. The van der Waals surface area contributed by atoms with Crippen molar-refractivity contribution < 1.29 is 27.8 Å². The van der Waals surface area contributed by atoms with E-state index in [0.717, 1.165) is 63.9 Å². The van der Waals surface area contributed by atoms with Crippen LogP contribution in [-0.2, 0) is 15.7 Å². The number of anilines is 1. The fourth-order valence-electron chi connectivity index (χ4n) is 3.89. The summed E-state index contributed by atoms with van der Waals surface area (Å²) in [5.74, 6) is -0.278. The zero-order valence-electron chi connectivity index (χ0n) is 20.7. The lowest BCUT2D eigenvalue weighted by atomic mass is 10.0. The van der Waals surface area contributed by atoms with E-state index in [1.165, 1.54) is 0 Å². The molecule has 0 spiro atoms. The highest BCUT2D eigenvalue weighted by Gasteiger charge is 2.31. The van der Waals surface area contributed by atoms with Gasteiger partial charge in [-0.1, -0.05) is 0 Å². The molecule has 0 radical (unpaired) electrons. The van der Waals surface area contributed by atoms with Gasteiger partial charge < -0.3 is 24.9 Å². The van der Waals surface area contributed by atoms with Crippen molar-refractivity contribution in [3.05, 3.63) is 34.9 Å². The van der Waals surface area contributed by atoms with E-state index < -0.39 is 17.5 Å². The third-order valence-electron chi connectivity index (χ3n) is 5.84. The van der Waals surface area contributed by atoms with Gasteiger partial charge in [0.25, 0.3) is 0 Å². The minimum atomic E-state index is -4.58. The standard InChI is InChI=1S/C22H24F3N5O2.C3H8O/c1-14-18(12-26)21(27-16-5-4-9-30(13-16)8-2-3-10-31)29-28-20(14)17-7-6-15(11-19(17)32)22(23,24)25;1-3-4-2/h6-7,10-11,16,32H,2-5,8-9,13H2,1H3,(H,27,29);3H2,1-2H3. The second-order valence-corrected chi connectivity index (χ2v) is 8.41. The number of aromatic hydroxyl groups is 1. The first-order valence-electron chi connectivity index (χ1n) is 11.8. The lowest BCUT2D eigenvalue weighted by molar-refractivity contribution is -0.137. The molecule has 0 saturated carbocycles. The van der Waals surface area contributed by atoms with Gasteiger partial charge in [-0.15, -0.1) is 10.2 Å². The van der Waals surface area contributed by atoms with Gasteiger partial charge in [0.2, 0.25) is 0 Å². The number of aromatic nitrogens is 2. The van der Waals surface area contributed by atoms with Crippen LogP contribution in [-0.4, -0.2) is 65.9 Å². The third-order valence-corrected chi connectivity index (χ3v) is 5.84. The van der Waals surface area contributed by atoms with Crippen molar-refractivity contribution in [2.75, 3.05) is 38.7 Å². The number of nitrogens with zero attached hydrogens (tertiary/aromatic N) is 4. The number of methoxy groups -OCH3 is 1. The summed E-state index contributed by atoms with van der Waals surface area (Å²) in [5.41, 5.74) is -0.105. The molecule has 0 amide bonds. The van der Waals surface area contributed by atoms with E-state index in [0.29, 0.717) is 23.9 Å². The van der Waals surface area contributed by atoms with Crippen molar-refractivity contribution in [1.29, 1.82) is 5.26 Å². The largest absolute Gasteiger partial charge is 0.507 e. The van der Waals surface area contributed by atoms with Crippen LogP contribution in [0.1, 0.15) is 49.3 Å². The summed E-state index contributed by atoms with van der Waals surface area (Å²) in [7, 11) is 1.68. The van der Waals surface area contributed by atoms with Gasteiger partial charge in [-0.3, -0.25) is 0 Å². The number of piperidine rings is 1. The summed E-state index contributed by atoms with van der Waals surface area (Å²) in [6, 6.07) is 4.76. The van der Waals surface area contributed by atoms with E-state index in [1.54, 1.807) is 14.0 Å². The van der Waals surface area contributed by atoms with Gasteiger partial charge >= 0.3 is 6.18 Å². The summed E-state index contributed by atoms with van der Waals surface area (Å²) in [4.78, 5) is 12.8. The number of nitrogens with one attached hydrogen (secondary N) is 1. The molecule has 1 aromatic carbocycles. The van der Waals surface area contributed by atoms with E-state index in [-0.39, 0.29) is 22.9 Å². The summed E-state index contributed by atoms with van der Waals surface area (Å²) >= 11 is 0. The Balaban J connectivity index is 0.00000106. The summed E-state index contributed by atoms with van der Waals surface area (Å²) < 4.78 is 43.2. The fourth-order valence-corrected chi connectivity index (χ4v) is 3.89. The Morgan fingerprint density at radius 2 is 2.08 bits per heavy atom. The van der Waals surface area contributed by atoms with Crippen LogP contribution in [0.5, 0.6) is 5.75 Å². The molecule has 0 aliphatic carbocycles. The molecule has 1 atom stereocenters. The fraction of sp³-hybridized carbons (Fsp3) is 0.520. The molecule has 196 valence electrons. The zero-order valence-corrected chi connectivity index (χ0v) is 20.7. The third kappa shape index (κ3) is 7.90. The van der Waals surface area contributed by atoms with Crippen molar-refractivity contribution in [3.8, 4) is 23.1 Å². The molecule has 1 fully saturated rings. The molecular weight excluding hydrogens is 475 g/mol. The first-order valence-corrected chi connectivity index (χ1v) is 11.8. The van der Waals surface area contributed by atoms with Gasteiger partial charge in [-0.2, -0.15) is 18.4 Å². The number of unbranched alkanes of at least 4 members (excludes halogenated alkanes) is 1. The summed E-state index contributed by atoms with van der Waals surface area (Å²) in [6.45, 7) is 6.90. The number of carbonyl (C=O) groups is 1. The van der Waals surface area contributed by atoms with Gasteiger partial charge in [-0.25, -0.2) is 0 Å². The molecule has 1 saturated heterocycles. The maximum atomic E-state index is 12.9. The molecule has 3 rings (SSSR count). The molecule has 2 N–H and O–H groups in total. The van der Waals surface area contributed by atoms with Gasteiger partial charge in [0.1, 0.15) is 29.4 Å². The second kappa shape index (κ2) is 13.8. The number of benzene rings is 1. The highest BCUT2D eigenvalue weighted by Crippen LogP contribution is 2.37. The Bertz CT molecular complexity index is 1050. The number of hydrogen-bond donors (Lipinski definition) is 2. The Morgan fingerprint density at radius 3 is 2.67 bits per heavy atom. The van der Waals surface area contributed by atoms with Crippen LogP contribution in [0, 0.1) is 18.3 Å². The number of likely N-dealkylation sites (tertiary alicyclic amines) is 1. The minimum Gasteiger partial charge on any atom is -0.507 e. The number of nitriles is 1. The lowest BCUT2D eigenvalue weighted by Crippen LogP contribution is -2.42. The molecule has 8 nitrogen and oxygen atoms in total. The molecule has 1 aromatic heterocycles. The summed E-state index contributed by atoms with van der Waals surface area (Å²) in [5, 5.41) is 31.3. The molecular formula is C25H32F3N5O3. The molecule has 2 aromatic rings. The number of rotatable bonds is 8. The molecule has 1 unspecified atom stereocenters. The average molecular weight is 508 g/mol. The van der Waals surface area contributed by atoms with Crippen molar-refractivity contribution in [1.82, 2.24) is 15.1 Å². The van der Waals surface area contributed by atoms with Crippen molar-refractivity contribution in [2.24, 2.45) is 0 Å². The smallest absolute Gasteiger partial charge is 0.416 e. The molecule has 2 heterocycles. The number of alkyl halides is 3. The number of phenolic OH excluding ortho intramolecular Hbond substituents is 1. The van der Waals surface area contributed by atoms with Gasteiger partial charge in [0, 0.05) is 38.3 Å². The van der Waals surface area contributed by atoms with E-state index in [9.17, 15) is 28.3 Å².